The second-order valence-corrected chi connectivity index (χ2v) is 8.15. The van der Waals surface area contributed by atoms with Gasteiger partial charge in [-0.1, -0.05) is 36.2 Å². The monoisotopic (exact) mass is 451 g/mol. The molecule has 3 rings (SSSR count). The summed E-state index contributed by atoms with van der Waals surface area (Å²) in [5.74, 6) is -0.372. The number of amides is 2. The van der Waals surface area contributed by atoms with Gasteiger partial charge in [0.1, 0.15) is 5.75 Å². The lowest BCUT2D eigenvalue weighted by atomic mass is 9.77. The third-order valence-corrected chi connectivity index (χ3v) is 4.93. The zero-order chi connectivity index (χ0) is 22.8. The molecular weight excluding hydrogens is 431 g/mol. The third-order valence-electron chi connectivity index (χ3n) is 4.67. The average molecular weight is 452 g/mol. The van der Waals surface area contributed by atoms with E-state index in [2.05, 4.69) is 21.7 Å². The van der Waals surface area contributed by atoms with Gasteiger partial charge in [0.25, 0.3) is 0 Å². The van der Waals surface area contributed by atoms with E-state index in [0.29, 0.717) is 23.7 Å². The fourth-order valence-corrected chi connectivity index (χ4v) is 3.67. The maximum absolute atomic E-state index is 12.8. The molecule has 0 aliphatic carbocycles. The van der Waals surface area contributed by atoms with Gasteiger partial charge in [-0.2, -0.15) is 5.10 Å². The van der Waals surface area contributed by atoms with Crippen LogP contribution in [-0.2, 0) is 0 Å². The minimum atomic E-state index is -4.78. The highest BCUT2D eigenvalue weighted by atomic mass is 35.5. The van der Waals surface area contributed by atoms with Crippen LogP contribution < -0.4 is 10.1 Å². The minimum Gasteiger partial charge on any atom is -0.406 e. The third kappa shape index (κ3) is 5.79. The van der Waals surface area contributed by atoms with Crippen molar-refractivity contribution in [1.29, 1.82) is 0 Å². The van der Waals surface area contributed by atoms with Crippen molar-refractivity contribution < 1.29 is 22.7 Å². The first-order valence-electron chi connectivity index (χ1n) is 9.39. The fourth-order valence-electron chi connectivity index (χ4n) is 3.55. The van der Waals surface area contributed by atoms with Crippen molar-refractivity contribution >= 4 is 29.0 Å². The summed E-state index contributed by atoms with van der Waals surface area (Å²) in [5.41, 5.74) is 2.39. The van der Waals surface area contributed by atoms with Crippen LogP contribution in [0.2, 0.25) is 5.02 Å². The summed E-state index contributed by atoms with van der Waals surface area (Å²) in [7, 11) is 0. The number of halogens is 4. The van der Waals surface area contributed by atoms with Crippen LogP contribution in [0.5, 0.6) is 5.75 Å². The summed E-state index contributed by atoms with van der Waals surface area (Å²) in [5, 5.41) is 9.09. The van der Waals surface area contributed by atoms with Gasteiger partial charge in [0, 0.05) is 16.1 Å². The molecule has 0 spiro atoms. The van der Waals surface area contributed by atoms with Crippen molar-refractivity contribution in [2.45, 2.75) is 26.6 Å². The van der Waals surface area contributed by atoms with E-state index in [4.69, 9.17) is 11.6 Å². The van der Waals surface area contributed by atoms with E-state index in [9.17, 15) is 18.0 Å². The van der Waals surface area contributed by atoms with Crippen LogP contribution in [0.15, 0.2) is 65.8 Å². The molecular formula is C22H21ClF3N3O2. The Morgan fingerprint density at radius 1 is 1.23 bits per heavy atom. The molecule has 1 aliphatic heterocycles. The summed E-state index contributed by atoms with van der Waals surface area (Å²) in [6, 6.07) is 11.6. The van der Waals surface area contributed by atoms with Crippen LogP contribution in [0.3, 0.4) is 0 Å². The van der Waals surface area contributed by atoms with Gasteiger partial charge in [0.15, 0.2) is 0 Å². The summed E-state index contributed by atoms with van der Waals surface area (Å²) in [4.78, 5) is 12.8. The zero-order valence-corrected chi connectivity index (χ0v) is 17.7. The molecule has 0 fully saturated rings. The predicted molar refractivity (Wildman–Crippen MR) is 114 cm³/mol. The first-order chi connectivity index (χ1) is 14.4. The first kappa shape index (κ1) is 22.7. The Morgan fingerprint density at radius 2 is 1.84 bits per heavy atom. The summed E-state index contributed by atoms with van der Waals surface area (Å²) < 4.78 is 40.7. The molecule has 1 unspecified atom stereocenters. The van der Waals surface area contributed by atoms with Crippen molar-refractivity contribution in [2.24, 2.45) is 10.5 Å². The highest BCUT2D eigenvalue weighted by Gasteiger charge is 2.41. The molecule has 0 saturated carbocycles. The maximum atomic E-state index is 12.8. The predicted octanol–water partition coefficient (Wildman–Crippen LogP) is 6.46. The number of alkyl halides is 3. The Labute approximate surface area is 183 Å². The van der Waals surface area contributed by atoms with Crippen LogP contribution in [0, 0.1) is 5.41 Å². The molecule has 31 heavy (non-hydrogen) atoms. The molecule has 164 valence electrons. The number of allylic oxidation sites excluding steroid dienone is 1. The summed E-state index contributed by atoms with van der Waals surface area (Å²) in [6.45, 7) is 8.23. The molecule has 1 heterocycles. The lowest BCUT2D eigenvalue weighted by molar-refractivity contribution is -0.274. The maximum Gasteiger partial charge on any atom is 0.573 e. The molecule has 5 nitrogen and oxygen atoms in total. The van der Waals surface area contributed by atoms with E-state index >= 15 is 0 Å². The number of nitrogens with one attached hydrogen (secondary N) is 1. The van der Waals surface area contributed by atoms with Gasteiger partial charge < -0.3 is 10.1 Å². The molecule has 1 N–H and O–H groups in total. The molecule has 1 aliphatic rings. The number of urea groups is 1. The number of carbonyl (C=O) groups is 1. The highest BCUT2D eigenvalue weighted by Crippen LogP contribution is 2.37. The topological polar surface area (TPSA) is 53.9 Å². The lowest BCUT2D eigenvalue weighted by Crippen LogP contribution is -2.35. The smallest absolute Gasteiger partial charge is 0.406 e. The lowest BCUT2D eigenvalue weighted by Gasteiger charge is -2.26. The van der Waals surface area contributed by atoms with Crippen LogP contribution in [0.4, 0.5) is 23.7 Å². The number of hydrogen-bond acceptors (Lipinski definition) is 3. The van der Waals surface area contributed by atoms with Crippen molar-refractivity contribution in [3.8, 4) is 5.75 Å². The van der Waals surface area contributed by atoms with Gasteiger partial charge in [0.2, 0.25) is 0 Å². The molecule has 0 saturated heterocycles. The number of hydrazone groups is 1. The average Bonchev–Trinajstić information content (AvgIpc) is 2.99. The molecule has 9 heteroatoms. The van der Waals surface area contributed by atoms with Crippen LogP contribution >= 0.6 is 11.6 Å². The summed E-state index contributed by atoms with van der Waals surface area (Å²) >= 11 is 5.99. The van der Waals surface area contributed by atoms with Gasteiger partial charge in [-0.25, -0.2) is 9.80 Å². The Hall–Kier alpha value is -3.00. The van der Waals surface area contributed by atoms with Crippen molar-refractivity contribution in [3.63, 3.8) is 0 Å². The Balaban J connectivity index is 1.79. The van der Waals surface area contributed by atoms with Gasteiger partial charge in [-0.05, 0) is 55.3 Å². The SMILES string of the molecule is C=C(C)CC1(C)CN(C(=O)Nc2ccc(OC(F)(F)F)cc2)N=C1c1ccc(Cl)cc1. The van der Waals surface area contributed by atoms with E-state index in [-0.39, 0.29) is 5.75 Å². The molecule has 2 amide bonds. The quantitative estimate of drug-likeness (QED) is 0.530. The fraction of sp³-hybridized carbons (Fsp3) is 0.273. The van der Waals surface area contributed by atoms with E-state index in [1.54, 1.807) is 12.1 Å². The van der Waals surface area contributed by atoms with Crippen LogP contribution in [-0.4, -0.2) is 29.7 Å². The number of ether oxygens (including phenoxy) is 1. The minimum absolute atomic E-state index is 0.316. The number of hydrogen-bond donors (Lipinski definition) is 1. The molecule has 0 radical (unpaired) electrons. The Morgan fingerprint density at radius 3 is 2.39 bits per heavy atom. The number of nitrogens with zero attached hydrogens (tertiary/aromatic N) is 2. The summed E-state index contributed by atoms with van der Waals surface area (Å²) in [6.07, 6.45) is -4.15. The van der Waals surface area contributed by atoms with Gasteiger partial charge in [0.05, 0.1) is 12.3 Å². The van der Waals surface area contributed by atoms with Crippen LogP contribution in [0.1, 0.15) is 25.8 Å². The Bertz CT molecular complexity index is 1000. The molecule has 2 aromatic carbocycles. The van der Waals surface area contributed by atoms with E-state index in [0.717, 1.165) is 29.0 Å². The van der Waals surface area contributed by atoms with Crippen molar-refractivity contribution in [2.75, 3.05) is 11.9 Å². The van der Waals surface area contributed by atoms with Crippen LogP contribution in [0.25, 0.3) is 0 Å². The van der Waals surface area contributed by atoms with Crippen molar-refractivity contribution in [1.82, 2.24) is 5.01 Å². The second kappa shape index (κ2) is 8.63. The normalized spacial score (nSPS) is 18.5. The number of rotatable bonds is 5. The molecule has 1 atom stereocenters. The van der Waals surface area contributed by atoms with Gasteiger partial charge in [-0.3, -0.25) is 0 Å². The highest BCUT2D eigenvalue weighted by molar-refractivity contribution is 6.30. The van der Waals surface area contributed by atoms with E-state index in [1.807, 2.05) is 26.0 Å². The van der Waals surface area contributed by atoms with Gasteiger partial charge in [-0.15, -0.1) is 19.8 Å². The molecule has 2 aromatic rings. The molecule has 0 bridgehead atoms. The number of anilines is 1. The number of carbonyl (C=O) groups excluding carboxylic acids is 1. The van der Waals surface area contributed by atoms with Gasteiger partial charge >= 0.3 is 12.4 Å². The van der Waals surface area contributed by atoms with E-state index < -0.39 is 17.8 Å². The standard InChI is InChI=1S/C22H21ClF3N3O2/c1-14(2)12-21(3)13-29(28-19(21)15-4-6-16(23)7-5-15)20(30)27-17-8-10-18(11-9-17)31-22(24,25)26/h4-11H,1,12-13H2,2-3H3,(H,27,30). The zero-order valence-electron chi connectivity index (χ0n) is 17.0. The number of benzene rings is 2. The van der Waals surface area contributed by atoms with E-state index in [1.165, 1.54) is 17.1 Å². The first-order valence-corrected chi connectivity index (χ1v) is 9.77. The Kier molecular flexibility index (Phi) is 6.31. The second-order valence-electron chi connectivity index (χ2n) is 7.71. The molecule has 0 aromatic heterocycles. The van der Waals surface area contributed by atoms with Crippen molar-refractivity contribution in [3.05, 3.63) is 71.3 Å². The largest absolute Gasteiger partial charge is 0.573 e.